The normalized spacial score (nSPS) is 12.7. The number of benzene rings is 1. The first-order chi connectivity index (χ1) is 9.04. The lowest BCUT2D eigenvalue weighted by Crippen LogP contribution is -2.10. The third kappa shape index (κ3) is 2.96. The molecule has 1 aromatic heterocycles. The van der Waals surface area contributed by atoms with E-state index in [9.17, 15) is 0 Å². The van der Waals surface area contributed by atoms with Crippen LogP contribution >= 0.6 is 23.2 Å². The van der Waals surface area contributed by atoms with Crippen LogP contribution in [-0.2, 0) is 13.5 Å². The van der Waals surface area contributed by atoms with Gasteiger partial charge in [0, 0.05) is 18.8 Å². The SMILES string of the molecule is Cc1ccccc1C(CCl)Cc1c(Cl)c(C)nn1C. The Morgan fingerprint density at radius 2 is 1.95 bits per heavy atom. The maximum Gasteiger partial charge on any atom is 0.0847 e. The second kappa shape index (κ2) is 5.98. The van der Waals surface area contributed by atoms with Crippen LogP contribution in [0.3, 0.4) is 0 Å². The summed E-state index contributed by atoms with van der Waals surface area (Å²) < 4.78 is 1.86. The molecule has 0 fully saturated rings. The maximum absolute atomic E-state index is 6.32. The first-order valence-corrected chi connectivity index (χ1v) is 7.25. The van der Waals surface area contributed by atoms with Crippen LogP contribution < -0.4 is 0 Å². The van der Waals surface area contributed by atoms with Gasteiger partial charge in [-0.25, -0.2) is 0 Å². The number of hydrogen-bond donors (Lipinski definition) is 0. The third-order valence-electron chi connectivity index (χ3n) is 3.52. The average molecular weight is 297 g/mol. The van der Waals surface area contributed by atoms with Gasteiger partial charge < -0.3 is 0 Å². The standard InChI is InChI=1S/C15H18Cl2N2/c1-10-6-4-5-7-13(10)12(9-16)8-14-15(17)11(2)18-19(14)3/h4-7,12H,8-9H2,1-3H3. The van der Waals surface area contributed by atoms with Crippen LogP contribution in [0.25, 0.3) is 0 Å². The minimum atomic E-state index is 0.259. The van der Waals surface area contributed by atoms with Crippen LogP contribution in [0.5, 0.6) is 0 Å². The molecule has 1 unspecified atom stereocenters. The van der Waals surface area contributed by atoms with E-state index < -0.39 is 0 Å². The van der Waals surface area contributed by atoms with Crippen molar-refractivity contribution in [3.63, 3.8) is 0 Å². The second-order valence-corrected chi connectivity index (χ2v) is 5.57. The van der Waals surface area contributed by atoms with Crippen molar-refractivity contribution in [3.05, 3.63) is 51.8 Å². The summed E-state index contributed by atoms with van der Waals surface area (Å²) in [6, 6.07) is 8.35. The fourth-order valence-corrected chi connectivity index (χ4v) is 2.94. The lowest BCUT2D eigenvalue weighted by atomic mass is 9.92. The molecule has 102 valence electrons. The predicted molar refractivity (Wildman–Crippen MR) is 81.3 cm³/mol. The van der Waals surface area contributed by atoms with Crippen molar-refractivity contribution in [2.45, 2.75) is 26.2 Å². The predicted octanol–water partition coefficient (Wildman–Crippen LogP) is 4.26. The Hall–Kier alpha value is -0.990. The van der Waals surface area contributed by atoms with E-state index in [2.05, 4.69) is 30.2 Å². The molecule has 1 heterocycles. The molecule has 0 aliphatic rings. The number of aromatic nitrogens is 2. The van der Waals surface area contributed by atoms with Gasteiger partial charge in [0.05, 0.1) is 16.4 Å². The topological polar surface area (TPSA) is 17.8 Å². The molecule has 0 aliphatic heterocycles. The molecule has 19 heavy (non-hydrogen) atoms. The average Bonchev–Trinajstić information content (AvgIpc) is 2.63. The highest BCUT2D eigenvalue weighted by atomic mass is 35.5. The monoisotopic (exact) mass is 296 g/mol. The van der Waals surface area contributed by atoms with Crippen LogP contribution in [0.1, 0.15) is 28.4 Å². The van der Waals surface area contributed by atoms with E-state index in [1.165, 1.54) is 11.1 Å². The summed E-state index contributed by atoms with van der Waals surface area (Å²) in [6.45, 7) is 4.04. The second-order valence-electron chi connectivity index (χ2n) is 4.88. The number of nitrogens with zero attached hydrogens (tertiary/aromatic N) is 2. The summed E-state index contributed by atoms with van der Waals surface area (Å²) >= 11 is 12.5. The van der Waals surface area contributed by atoms with Gasteiger partial charge in [-0.05, 0) is 31.4 Å². The van der Waals surface area contributed by atoms with Crippen molar-refractivity contribution in [3.8, 4) is 0 Å². The minimum Gasteiger partial charge on any atom is -0.271 e. The summed E-state index contributed by atoms with van der Waals surface area (Å²) in [5, 5.41) is 5.11. The molecule has 2 aromatic rings. The Labute approximate surface area is 124 Å². The van der Waals surface area contributed by atoms with Crippen molar-refractivity contribution in [1.82, 2.24) is 9.78 Å². The van der Waals surface area contributed by atoms with Gasteiger partial charge in [0.25, 0.3) is 0 Å². The zero-order valence-electron chi connectivity index (χ0n) is 11.5. The van der Waals surface area contributed by atoms with Gasteiger partial charge in [0.2, 0.25) is 0 Å². The molecule has 0 N–H and O–H groups in total. The van der Waals surface area contributed by atoms with E-state index in [0.717, 1.165) is 22.8 Å². The van der Waals surface area contributed by atoms with E-state index in [4.69, 9.17) is 23.2 Å². The quantitative estimate of drug-likeness (QED) is 0.771. The van der Waals surface area contributed by atoms with Gasteiger partial charge in [0.15, 0.2) is 0 Å². The van der Waals surface area contributed by atoms with E-state index in [-0.39, 0.29) is 5.92 Å². The minimum absolute atomic E-state index is 0.259. The van der Waals surface area contributed by atoms with Crippen molar-refractivity contribution in [1.29, 1.82) is 0 Å². The number of alkyl halides is 1. The van der Waals surface area contributed by atoms with E-state index in [1.54, 1.807) is 0 Å². The number of hydrogen-bond acceptors (Lipinski definition) is 1. The zero-order chi connectivity index (χ0) is 14.0. The molecular formula is C15H18Cl2N2. The lowest BCUT2D eigenvalue weighted by molar-refractivity contribution is 0.656. The zero-order valence-corrected chi connectivity index (χ0v) is 13.0. The largest absolute Gasteiger partial charge is 0.271 e. The van der Waals surface area contributed by atoms with Crippen molar-refractivity contribution in [2.24, 2.45) is 7.05 Å². The van der Waals surface area contributed by atoms with E-state index >= 15 is 0 Å². The maximum atomic E-state index is 6.32. The van der Waals surface area contributed by atoms with Gasteiger partial charge in [-0.1, -0.05) is 35.9 Å². The van der Waals surface area contributed by atoms with Crippen LogP contribution in [0, 0.1) is 13.8 Å². The number of rotatable bonds is 4. The first-order valence-electron chi connectivity index (χ1n) is 6.34. The Morgan fingerprint density at radius 3 is 2.47 bits per heavy atom. The molecule has 0 saturated carbocycles. The summed E-state index contributed by atoms with van der Waals surface area (Å²) in [7, 11) is 1.93. The van der Waals surface area contributed by atoms with Crippen LogP contribution in [0.15, 0.2) is 24.3 Å². The number of halogens is 2. The van der Waals surface area contributed by atoms with Crippen molar-refractivity contribution < 1.29 is 0 Å². The van der Waals surface area contributed by atoms with Crippen LogP contribution in [-0.4, -0.2) is 15.7 Å². The smallest absolute Gasteiger partial charge is 0.0847 e. The van der Waals surface area contributed by atoms with E-state index in [0.29, 0.717) is 5.88 Å². The molecule has 0 saturated heterocycles. The Bertz CT molecular complexity index is 576. The molecule has 0 radical (unpaired) electrons. The van der Waals surface area contributed by atoms with Crippen LogP contribution in [0.4, 0.5) is 0 Å². The fraction of sp³-hybridized carbons (Fsp3) is 0.400. The highest BCUT2D eigenvalue weighted by Crippen LogP contribution is 2.29. The summed E-state index contributed by atoms with van der Waals surface area (Å²) in [4.78, 5) is 0. The number of aryl methyl sites for hydroxylation is 3. The molecular weight excluding hydrogens is 279 g/mol. The van der Waals surface area contributed by atoms with Gasteiger partial charge in [-0.15, -0.1) is 11.6 Å². The van der Waals surface area contributed by atoms with Crippen molar-refractivity contribution in [2.75, 3.05) is 5.88 Å². The molecule has 4 heteroatoms. The summed E-state index contributed by atoms with van der Waals surface area (Å²) in [6.07, 6.45) is 0.810. The summed E-state index contributed by atoms with van der Waals surface area (Å²) in [5.74, 6) is 0.834. The molecule has 0 bridgehead atoms. The third-order valence-corrected chi connectivity index (χ3v) is 4.38. The Balaban J connectivity index is 2.32. The van der Waals surface area contributed by atoms with Crippen LogP contribution in [0.2, 0.25) is 5.02 Å². The van der Waals surface area contributed by atoms with Gasteiger partial charge in [0.1, 0.15) is 0 Å². The molecule has 0 spiro atoms. The molecule has 0 amide bonds. The molecule has 2 rings (SSSR count). The van der Waals surface area contributed by atoms with Gasteiger partial charge >= 0.3 is 0 Å². The van der Waals surface area contributed by atoms with Gasteiger partial charge in [-0.2, -0.15) is 5.10 Å². The lowest BCUT2D eigenvalue weighted by Gasteiger charge is -2.17. The fourth-order valence-electron chi connectivity index (χ4n) is 2.43. The molecule has 2 nitrogen and oxygen atoms in total. The van der Waals surface area contributed by atoms with Gasteiger partial charge in [-0.3, -0.25) is 4.68 Å². The molecule has 1 atom stereocenters. The Kier molecular flexibility index (Phi) is 4.54. The first kappa shape index (κ1) is 14.4. The van der Waals surface area contributed by atoms with Crippen molar-refractivity contribution >= 4 is 23.2 Å². The highest BCUT2D eigenvalue weighted by molar-refractivity contribution is 6.31. The molecule has 0 aliphatic carbocycles. The van der Waals surface area contributed by atoms with E-state index in [1.807, 2.05) is 24.7 Å². The summed E-state index contributed by atoms with van der Waals surface area (Å²) in [5.41, 5.74) is 4.47. The highest BCUT2D eigenvalue weighted by Gasteiger charge is 2.19. The Morgan fingerprint density at radius 1 is 1.26 bits per heavy atom. The molecule has 1 aromatic carbocycles.